The Kier molecular flexibility index (Phi) is 5.93. The van der Waals surface area contributed by atoms with E-state index in [2.05, 4.69) is 25.6 Å². The minimum Gasteiger partial charge on any atom is -0.478 e. The maximum atomic E-state index is 11.7. The van der Waals surface area contributed by atoms with Crippen LogP contribution in [-0.2, 0) is 0 Å². The van der Waals surface area contributed by atoms with Crippen molar-refractivity contribution >= 4 is 23.4 Å². The van der Waals surface area contributed by atoms with Crippen molar-refractivity contribution in [2.24, 2.45) is 0 Å². The zero-order valence-electron chi connectivity index (χ0n) is 15.5. The van der Waals surface area contributed by atoms with Gasteiger partial charge in [0.1, 0.15) is 17.6 Å². The van der Waals surface area contributed by atoms with E-state index in [1.54, 1.807) is 19.1 Å². The number of anilines is 2. The van der Waals surface area contributed by atoms with Gasteiger partial charge >= 0.3 is 5.97 Å². The van der Waals surface area contributed by atoms with Crippen molar-refractivity contribution in [3.63, 3.8) is 0 Å². The van der Waals surface area contributed by atoms with Gasteiger partial charge in [-0.2, -0.15) is 0 Å². The van der Waals surface area contributed by atoms with Gasteiger partial charge in [0, 0.05) is 24.7 Å². The fourth-order valence-corrected chi connectivity index (χ4v) is 2.68. The normalized spacial score (nSPS) is 10.4. The highest BCUT2D eigenvalue weighted by atomic mass is 16.6. The van der Waals surface area contributed by atoms with E-state index in [9.17, 15) is 20.0 Å². The zero-order chi connectivity index (χ0) is 20.8. The lowest BCUT2D eigenvalue weighted by Gasteiger charge is -2.12. The number of carboxylic acids is 1. The molecule has 10 heteroatoms. The molecule has 0 bridgehead atoms. The lowest BCUT2D eigenvalue weighted by molar-refractivity contribution is -0.385. The van der Waals surface area contributed by atoms with E-state index in [0.717, 1.165) is 0 Å². The van der Waals surface area contributed by atoms with Crippen LogP contribution in [0.3, 0.4) is 0 Å². The van der Waals surface area contributed by atoms with Gasteiger partial charge in [0.05, 0.1) is 16.3 Å². The molecule has 0 atom stereocenters. The molecule has 0 saturated heterocycles. The fourth-order valence-electron chi connectivity index (χ4n) is 2.68. The second kappa shape index (κ2) is 8.74. The second-order valence-corrected chi connectivity index (χ2v) is 6.04. The van der Waals surface area contributed by atoms with E-state index in [1.807, 2.05) is 18.2 Å². The average Bonchev–Trinajstić information content (AvgIpc) is 2.71. The summed E-state index contributed by atoms with van der Waals surface area (Å²) in [5, 5.41) is 26.2. The second-order valence-electron chi connectivity index (χ2n) is 6.04. The van der Waals surface area contributed by atoms with Crippen LogP contribution in [0.1, 0.15) is 16.1 Å². The maximum absolute atomic E-state index is 11.7. The highest BCUT2D eigenvalue weighted by molar-refractivity contribution is 5.96. The number of pyridine rings is 1. The van der Waals surface area contributed by atoms with Crippen LogP contribution in [0.2, 0.25) is 0 Å². The summed E-state index contributed by atoms with van der Waals surface area (Å²) >= 11 is 0. The van der Waals surface area contributed by atoms with Crippen molar-refractivity contribution in [2.45, 2.75) is 6.92 Å². The van der Waals surface area contributed by atoms with Crippen LogP contribution in [0.25, 0.3) is 11.3 Å². The maximum Gasteiger partial charge on any atom is 0.339 e. The van der Waals surface area contributed by atoms with Crippen LogP contribution in [0.15, 0.2) is 48.7 Å². The summed E-state index contributed by atoms with van der Waals surface area (Å²) in [6.45, 7) is 2.51. The Bertz CT molecular complexity index is 1020. The predicted molar refractivity (Wildman–Crippen MR) is 107 cm³/mol. The number of nitro groups is 1. The summed E-state index contributed by atoms with van der Waals surface area (Å²) in [5.41, 5.74) is 1.38. The molecule has 0 radical (unpaired) electrons. The van der Waals surface area contributed by atoms with E-state index in [4.69, 9.17) is 0 Å². The number of benzene rings is 1. The van der Waals surface area contributed by atoms with Crippen LogP contribution in [0, 0.1) is 17.0 Å². The van der Waals surface area contributed by atoms with E-state index < -0.39 is 10.9 Å². The monoisotopic (exact) mass is 394 g/mol. The van der Waals surface area contributed by atoms with Crippen molar-refractivity contribution in [1.29, 1.82) is 0 Å². The molecule has 0 unspecified atom stereocenters. The highest BCUT2D eigenvalue weighted by Crippen LogP contribution is 2.24. The molecule has 0 fully saturated rings. The van der Waals surface area contributed by atoms with Crippen LogP contribution in [-0.4, -0.2) is 44.0 Å². The highest BCUT2D eigenvalue weighted by Gasteiger charge is 2.19. The first-order chi connectivity index (χ1) is 14.0. The number of aromatic nitrogens is 3. The Morgan fingerprint density at radius 1 is 1.10 bits per heavy atom. The van der Waals surface area contributed by atoms with Gasteiger partial charge in [0.15, 0.2) is 0 Å². The lowest BCUT2D eigenvalue weighted by atomic mass is 10.0. The molecule has 29 heavy (non-hydrogen) atoms. The molecule has 3 rings (SSSR count). The molecule has 1 aromatic carbocycles. The number of rotatable bonds is 8. The van der Waals surface area contributed by atoms with Gasteiger partial charge in [-0.1, -0.05) is 30.3 Å². The van der Waals surface area contributed by atoms with Gasteiger partial charge in [-0.15, -0.1) is 0 Å². The Labute approximate surface area is 165 Å². The predicted octanol–water partition coefficient (Wildman–Crippen LogP) is 2.98. The molecule has 0 aliphatic heterocycles. The number of aryl methyl sites for hydroxylation is 1. The number of hydrogen-bond donors (Lipinski definition) is 3. The van der Waals surface area contributed by atoms with Crippen molar-refractivity contribution in [2.75, 3.05) is 23.7 Å². The van der Waals surface area contributed by atoms with E-state index in [-0.39, 0.29) is 11.3 Å². The topological polar surface area (TPSA) is 143 Å². The molecular formula is C19H18N6O4. The number of aromatic carboxylic acids is 1. The molecule has 3 N–H and O–H groups in total. The SMILES string of the molecule is Cc1nc(NCCNc2ccc([N+](=O)[O-])cn2)nc(-c2ccccc2)c1C(=O)O. The lowest BCUT2D eigenvalue weighted by Crippen LogP contribution is -2.17. The standard InChI is InChI=1S/C19H18N6O4/c1-12-16(18(26)27)17(13-5-3-2-4-6-13)24-19(23-12)21-10-9-20-15-8-7-14(11-22-15)25(28)29/h2-8,11H,9-10H2,1H3,(H,20,22)(H,26,27)(H,21,23,24). The first-order valence-corrected chi connectivity index (χ1v) is 8.71. The third kappa shape index (κ3) is 4.80. The average molecular weight is 394 g/mol. The van der Waals surface area contributed by atoms with Crippen LogP contribution in [0.5, 0.6) is 0 Å². The van der Waals surface area contributed by atoms with Gasteiger partial charge in [-0.05, 0) is 13.0 Å². The summed E-state index contributed by atoms with van der Waals surface area (Å²) in [7, 11) is 0. The van der Waals surface area contributed by atoms with Crippen molar-refractivity contribution in [3.8, 4) is 11.3 Å². The molecule has 2 heterocycles. The summed E-state index contributed by atoms with van der Waals surface area (Å²) in [6.07, 6.45) is 1.18. The molecule has 148 valence electrons. The Balaban J connectivity index is 1.69. The van der Waals surface area contributed by atoms with Gasteiger partial charge in [0.2, 0.25) is 5.95 Å². The number of nitrogens with one attached hydrogen (secondary N) is 2. The molecule has 2 aromatic heterocycles. The Morgan fingerprint density at radius 2 is 1.83 bits per heavy atom. The van der Waals surface area contributed by atoms with Gasteiger partial charge in [-0.3, -0.25) is 10.1 Å². The minimum atomic E-state index is -1.08. The molecule has 0 saturated carbocycles. The van der Waals surface area contributed by atoms with Crippen molar-refractivity contribution < 1.29 is 14.8 Å². The third-order valence-electron chi connectivity index (χ3n) is 4.02. The van der Waals surface area contributed by atoms with E-state index >= 15 is 0 Å². The molecular weight excluding hydrogens is 376 g/mol. The summed E-state index contributed by atoms with van der Waals surface area (Å²) in [5.74, 6) is -0.274. The van der Waals surface area contributed by atoms with Gasteiger partial charge in [0.25, 0.3) is 5.69 Å². The van der Waals surface area contributed by atoms with Crippen LogP contribution in [0.4, 0.5) is 17.5 Å². The summed E-state index contributed by atoms with van der Waals surface area (Å²) in [4.78, 5) is 34.4. The summed E-state index contributed by atoms with van der Waals surface area (Å²) in [6, 6.07) is 11.9. The molecule has 0 aliphatic carbocycles. The van der Waals surface area contributed by atoms with E-state index in [0.29, 0.717) is 41.8 Å². The van der Waals surface area contributed by atoms with Gasteiger partial charge in [-0.25, -0.2) is 19.7 Å². The van der Waals surface area contributed by atoms with Crippen molar-refractivity contribution in [1.82, 2.24) is 15.0 Å². The molecule has 0 spiro atoms. The Hall–Kier alpha value is -4.08. The quantitative estimate of drug-likeness (QED) is 0.298. The smallest absolute Gasteiger partial charge is 0.339 e. The number of hydrogen-bond acceptors (Lipinski definition) is 8. The number of carboxylic acid groups (broad SMARTS) is 1. The minimum absolute atomic E-state index is 0.0648. The van der Waals surface area contributed by atoms with Crippen molar-refractivity contribution in [3.05, 3.63) is 70.0 Å². The molecule has 0 aliphatic rings. The van der Waals surface area contributed by atoms with Gasteiger partial charge < -0.3 is 15.7 Å². The van der Waals surface area contributed by atoms with E-state index in [1.165, 1.54) is 18.3 Å². The zero-order valence-corrected chi connectivity index (χ0v) is 15.5. The molecule has 3 aromatic rings. The number of carbonyl (C=O) groups is 1. The fraction of sp³-hybridized carbons (Fsp3) is 0.158. The van der Waals surface area contributed by atoms with Crippen LogP contribution < -0.4 is 10.6 Å². The molecule has 10 nitrogen and oxygen atoms in total. The van der Waals surface area contributed by atoms with Crippen LogP contribution >= 0.6 is 0 Å². The summed E-state index contributed by atoms with van der Waals surface area (Å²) < 4.78 is 0. The first-order valence-electron chi connectivity index (χ1n) is 8.71. The largest absolute Gasteiger partial charge is 0.478 e. The molecule has 0 amide bonds. The third-order valence-corrected chi connectivity index (χ3v) is 4.02. The first kappa shape index (κ1) is 19.7. The Morgan fingerprint density at radius 3 is 2.45 bits per heavy atom. The number of nitrogens with zero attached hydrogens (tertiary/aromatic N) is 4.